The summed E-state index contributed by atoms with van der Waals surface area (Å²) in [5.74, 6) is 0.784. The van der Waals surface area contributed by atoms with Crippen molar-refractivity contribution in [2.24, 2.45) is 0 Å². The van der Waals surface area contributed by atoms with Gasteiger partial charge in [-0.1, -0.05) is 6.07 Å². The number of pyridine rings is 1. The lowest BCUT2D eigenvalue weighted by Gasteiger charge is -2.15. The smallest absolute Gasteiger partial charge is 0.248 e. The molecule has 4 nitrogen and oxygen atoms in total. The van der Waals surface area contributed by atoms with Gasteiger partial charge >= 0.3 is 0 Å². The van der Waals surface area contributed by atoms with Gasteiger partial charge in [0, 0.05) is 31.4 Å². The second-order valence-corrected chi connectivity index (χ2v) is 3.08. The topological polar surface area (TPSA) is 54.0 Å². The lowest BCUT2D eigenvalue weighted by molar-refractivity contribution is -0.117. The first kappa shape index (κ1) is 8.74. The highest BCUT2D eigenvalue weighted by atomic mass is 16.1. The van der Waals surface area contributed by atoms with Crippen molar-refractivity contribution < 1.29 is 4.79 Å². The number of anilines is 1. The van der Waals surface area contributed by atoms with E-state index in [0.717, 1.165) is 17.0 Å². The van der Waals surface area contributed by atoms with Crippen molar-refractivity contribution in [1.82, 2.24) is 10.3 Å². The summed E-state index contributed by atoms with van der Waals surface area (Å²) >= 11 is 0. The molecule has 0 aliphatic carbocycles. The third kappa shape index (κ3) is 1.46. The van der Waals surface area contributed by atoms with E-state index >= 15 is 0 Å². The Hall–Kier alpha value is -1.84. The summed E-state index contributed by atoms with van der Waals surface area (Å²) in [6.07, 6.45) is 4.06. The van der Waals surface area contributed by atoms with Crippen LogP contribution in [0.25, 0.3) is 0 Å². The Morgan fingerprint density at radius 3 is 3.29 bits per heavy atom. The fourth-order valence-corrected chi connectivity index (χ4v) is 1.43. The number of hydrogen-bond acceptors (Lipinski definition) is 3. The highest BCUT2D eigenvalue weighted by Crippen LogP contribution is 2.20. The summed E-state index contributed by atoms with van der Waals surface area (Å²) in [7, 11) is 1.63. The second kappa shape index (κ2) is 3.49. The van der Waals surface area contributed by atoms with Crippen LogP contribution in [0.4, 0.5) is 5.82 Å². The van der Waals surface area contributed by atoms with E-state index in [4.69, 9.17) is 0 Å². The van der Waals surface area contributed by atoms with E-state index in [1.807, 2.05) is 12.1 Å². The molecule has 0 atom stereocenters. The number of fused-ring (bicyclic) bond motifs is 1. The molecule has 0 saturated heterocycles. The van der Waals surface area contributed by atoms with Crippen LogP contribution in [-0.4, -0.2) is 17.9 Å². The number of hydrogen-bond donors (Lipinski definition) is 2. The summed E-state index contributed by atoms with van der Waals surface area (Å²) in [6.45, 7) is 0. The molecular weight excluding hydrogens is 178 g/mol. The molecule has 2 N–H and O–H groups in total. The molecular formula is C10H11N3O. The second-order valence-electron chi connectivity index (χ2n) is 3.08. The van der Waals surface area contributed by atoms with E-state index < -0.39 is 0 Å². The summed E-state index contributed by atoms with van der Waals surface area (Å²) in [4.78, 5) is 15.5. The number of rotatable bonds is 1. The van der Waals surface area contributed by atoms with Crippen molar-refractivity contribution in [3.8, 4) is 0 Å². The number of carbonyl (C=O) groups is 1. The van der Waals surface area contributed by atoms with Gasteiger partial charge < -0.3 is 10.6 Å². The molecule has 0 saturated carbocycles. The van der Waals surface area contributed by atoms with Crippen LogP contribution >= 0.6 is 0 Å². The van der Waals surface area contributed by atoms with Gasteiger partial charge in [0.1, 0.15) is 5.82 Å². The number of nitrogens with one attached hydrogen (secondary N) is 2. The lowest BCUT2D eigenvalue weighted by atomic mass is 10.0. The molecule has 1 aromatic rings. The van der Waals surface area contributed by atoms with Crippen LogP contribution < -0.4 is 10.6 Å². The molecule has 0 radical (unpaired) electrons. The molecule has 14 heavy (non-hydrogen) atoms. The van der Waals surface area contributed by atoms with Gasteiger partial charge in [0.15, 0.2) is 0 Å². The minimum Gasteiger partial charge on any atom is -0.355 e. The Kier molecular flexibility index (Phi) is 2.18. The van der Waals surface area contributed by atoms with Crippen molar-refractivity contribution in [3.63, 3.8) is 0 Å². The zero-order chi connectivity index (χ0) is 9.97. The minimum absolute atomic E-state index is 0.0491. The number of amides is 1. The van der Waals surface area contributed by atoms with Crippen LogP contribution in [-0.2, 0) is 11.2 Å². The average Bonchev–Trinajstić information content (AvgIpc) is 2.27. The molecule has 2 rings (SSSR count). The van der Waals surface area contributed by atoms with Gasteiger partial charge in [-0.15, -0.1) is 0 Å². The van der Waals surface area contributed by atoms with Crippen molar-refractivity contribution in [2.75, 3.05) is 12.4 Å². The van der Waals surface area contributed by atoms with Gasteiger partial charge in [-0.25, -0.2) is 4.98 Å². The number of likely N-dealkylation sites (N-methyl/N-ethyl adjacent to an activating group) is 1. The van der Waals surface area contributed by atoms with Crippen molar-refractivity contribution >= 4 is 11.7 Å². The molecule has 0 unspecified atom stereocenters. The molecule has 2 heterocycles. The monoisotopic (exact) mass is 189 g/mol. The predicted molar refractivity (Wildman–Crippen MR) is 53.7 cm³/mol. The SMILES string of the molecule is CNC(=O)C1=CNc2ncccc2C1. The summed E-state index contributed by atoms with van der Waals surface area (Å²) in [5.41, 5.74) is 1.78. The maximum Gasteiger partial charge on any atom is 0.248 e. The third-order valence-corrected chi connectivity index (χ3v) is 2.17. The van der Waals surface area contributed by atoms with Gasteiger partial charge in [0.2, 0.25) is 5.91 Å². The van der Waals surface area contributed by atoms with Gasteiger partial charge in [-0.05, 0) is 11.6 Å². The molecule has 1 aliphatic heterocycles. The van der Waals surface area contributed by atoms with Gasteiger partial charge in [0.05, 0.1) is 0 Å². The standard InChI is InChI=1S/C10H11N3O/c1-11-10(14)8-5-7-3-2-4-12-9(7)13-6-8/h2-4,6H,5H2,1H3,(H,11,14)(H,12,13). The Morgan fingerprint density at radius 2 is 2.50 bits per heavy atom. The average molecular weight is 189 g/mol. The number of nitrogens with zero attached hydrogens (tertiary/aromatic N) is 1. The van der Waals surface area contributed by atoms with Crippen LogP contribution in [0.3, 0.4) is 0 Å². The molecule has 4 heteroatoms. The van der Waals surface area contributed by atoms with E-state index in [2.05, 4.69) is 15.6 Å². The van der Waals surface area contributed by atoms with Crippen LogP contribution in [0, 0.1) is 0 Å². The van der Waals surface area contributed by atoms with Crippen LogP contribution in [0.1, 0.15) is 5.56 Å². The van der Waals surface area contributed by atoms with Gasteiger partial charge in [-0.2, -0.15) is 0 Å². The fraction of sp³-hybridized carbons (Fsp3) is 0.200. The van der Waals surface area contributed by atoms with E-state index in [0.29, 0.717) is 6.42 Å². The number of carbonyl (C=O) groups excluding carboxylic acids is 1. The maximum absolute atomic E-state index is 11.3. The molecule has 0 fully saturated rings. The first-order valence-electron chi connectivity index (χ1n) is 4.43. The minimum atomic E-state index is -0.0491. The predicted octanol–water partition coefficient (Wildman–Crippen LogP) is 0.679. The molecule has 72 valence electrons. The molecule has 1 aromatic heterocycles. The maximum atomic E-state index is 11.3. The Balaban J connectivity index is 2.25. The molecule has 1 aliphatic rings. The summed E-state index contributed by atoms with van der Waals surface area (Å²) in [5, 5.41) is 5.59. The lowest BCUT2D eigenvalue weighted by Crippen LogP contribution is -2.24. The van der Waals surface area contributed by atoms with Crippen LogP contribution in [0.15, 0.2) is 30.1 Å². The normalized spacial score (nSPS) is 13.6. The van der Waals surface area contributed by atoms with E-state index in [1.54, 1.807) is 19.4 Å². The van der Waals surface area contributed by atoms with Crippen molar-refractivity contribution in [2.45, 2.75) is 6.42 Å². The quantitative estimate of drug-likeness (QED) is 0.683. The highest BCUT2D eigenvalue weighted by Gasteiger charge is 2.15. The Morgan fingerprint density at radius 1 is 1.64 bits per heavy atom. The van der Waals surface area contributed by atoms with Crippen molar-refractivity contribution in [1.29, 1.82) is 0 Å². The van der Waals surface area contributed by atoms with E-state index in [-0.39, 0.29) is 5.91 Å². The summed E-state index contributed by atoms with van der Waals surface area (Å²) in [6, 6.07) is 3.83. The molecule has 0 spiro atoms. The first-order valence-corrected chi connectivity index (χ1v) is 4.43. The van der Waals surface area contributed by atoms with Gasteiger partial charge in [0.25, 0.3) is 0 Å². The van der Waals surface area contributed by atoms with Crippen LogP contribution in [0.2, 0.25) is 0 Å². The Labute approximate surface area is 82.0 Å². The summed E-state index contributed by atoms with van der Waals surface area (Å²) < 4.78 is 0. The molecule has 1 amide bonds. The zero-order valence-corrected chi connectivity index (χ0v) is 7.87. The van der Waals surface area contributed by atoms with Crippen LogP contribution in [0.5, 0.6) is 0 Å². The number of aromatic nitrogens is 1. The first-order chi connectivity index (χ1) is 6.81. The fourth-order valence-electron chi connectivity index (χ4n) is 1.43. The Bertz CT molecular complexity index is 398. The highest BCUT2D eigenvalue weighted by molar-refractivity contribution is 5.94. The third-order valence-electron chi connectivity index (χ3n) is 2.17. The van der Waals surface area contributed by atoms with E-state index in [9.17, 15) is 4.79 Å². The van der Waals surface area contributed by atoms with Gasteiger partial charge in [-0.3, -0.25) is 4.79 Å². The van der Waals surface area contributed by atoms with E-state index in [1.165, 1.54) is 0 Å². The molecule has 0 bridgehead atoms. The zero-order valence-electron chi connectivity index (χ0n) is 7.87. The van der Waals surface area contributed by atoms with Crippen molar-refractivity contribution in [3.05, 3.63) is 35.7 Å². The largest absolute Gasteiger partial charge is 0.355 e. The molecule has 0 aromatic carbocycles.